The molecular weight excluding hydrogens is 365 g/mol. The lowest BCUT2D eigenvalue weighted by Crippen LogP contribution is -2.50. The molecule has 0 atom stereocenters. The van der Waals surface area contributed by atoms with Crippen molar-refractivity contribution in [3.05, 3.63) is 29.6 Å². The molecule has 1 saturated heterocycles. The van der Waals surface area contributed by atoms with Gasteiger partial charge in [-0.15, -0.1) is 0 Å². The van der Waals surface area contributed by atoms with Gasteiger partial charge in [-0.05, 0) is 50.2 Å². The van der Waals surface area contributed by atoms with E-state index in [0.717, 1.165) is 44.5 Å². The number of alkyl halides is 3. The van der Waals surface area contributed by atoms with Crippen molar-refractivity contribution >= 4 is 11.9 Å². The van der Waals surface area contributed by atoms with Crippen LogP contribution in [0.2, 0.25) is 0 Å². The van der Waals surface area contributed by atoms with Crippen LogP contribution in [0.4, 0.5) is 13.2 Å². The highest BCUT2D eigenvalue weighted by Gasteiger charge is 2.46. The van der Waals surface area contributed by atoms with Crippen LogP contribution in [0.25, 0.3) is 0 Å². The third kappa shape index (κ3) is 5.41. The summed E-state index contributed by atoms with van der Waals surface area (Å²) in [6, 6.07) is 3.77. The number of likely N-dealkylation sites (tertiary alicyclic amines) is 1. The average Bonchev–Trinajstić information content (AvgIpc) is 2.59. The lowest BCUT2D eigenvalue weighted by atomic mass is 9.61. The number of halogens is 3. The summed E-state index contributed by atoms with van der Waals surface area (Å²) in [6.45, 7) is 3.66. The summed E-state index contributed by atoms with van der Waals surface area (Å²) < 4.78 is 37.1. The first-order valence-electron chi connectivity index (χ1n) is 8.61. The van der Waals surface area contributed by atoms with E-state index >= 15 is 0 Å². The van der Waals surface area contributed by atoms with E-state index in [-0.39, 0.29) is 5.91 Å². The predicted molar refractivity (Wildman–Crippen MR) is 90.3 cm³/mol. The van der Waals surface area contributed by atoms with E-state index in [9.17, 15) is 18.0 Å². The lowest BCUT2D eigenvalue weighted by Gasteiger charge is -2.51. The maximum Gasteiger partial charge on any atom is 0.490 e. The Morgan fingerprint density at radius 3 is 2.22 bits per heavy atom. The number of nitrogens with zero attached hydrogens (tertiary/aromatic N) is 2. The smallest absolute Gasteiger partial charge is 0.475 e. The maximum atomic E-state index is 12.4. The van der Waals surface area contributed by atoms with Crippen molar-refractivity contribution in [2.75, 3.05) is 20.2 Å². The summed E-state index contributed by atoms with van der Waals surface area (Å²) in [4.78, 5) is 27.5. The molecule has 1 aliphatic heterocycles. The second-order valence-electron chi connectivity index (χ2n) is 7.05. The molecule has 6 nitrogen and oxygen atoms in total. The fourth-order valence-electron chi connectivity index (χ4n) is 3.44. The number of hydrogen-bond donors (Lipinski definition) is 1. The molecule has 9 heteroatoms. The van der Waals surface area contributed by atoms with Crippen LogP contribution < -0.4 is 0 Å². The van der Waals surface area contributed by atoms with Crippen LogP contribution in [0.15, 0.2) is 18.3 Å². The lowest BCUT2D eigenvalue weighted by molar-refractivity contribution is -0.192. The molecule has 2 heterocycles. The van der Waals surface area contributed by atoms with Crippen LogP contribution >= 0.6 is 0 Å². The van der Waals surface area contributed by atoms with E-state index in [1.54, 1.807) is 13.3 Å². The predicted octanol–water partition coefficient (Wildman–Crippen LogP) is 3.05. The second kappa shape index (κ2) is 8.24. The zero-order valence-electron chi connectivity index (χ0n) is 15.3. The molecule has 1 aliphatic carbocycles. The van der Waals surface area contributed by atoms with E-state index in [1.807, 2.05) is 24.0 Å². The Labute approximate surface area is 155 Å². The quantitative estimate of drug-likeness (QED) is 0.842. The Bertz CT molecular complexity index is 660. The van der Waals surface area contributed by atoms with Gasteiger partial charge in [0.2, 0.25) is 0 Å². The molecule has 27 heavy (non-hydrogen) atoms. The number of carbonyl (C=O) groups is 2. The topological polar surface area (TPSA) is 79.7 Å². The van der Waals surface area contributed by atoms with Crippen molar-refractivity contribution in [1.29, 1.82) is 0 Å². The van der Waals surface area contributed by atoms with Crippen molar-refractivity contribution < 1.29 is 32.6 Å². The van der Waals surface area contributed by atoms with Gasteiger partial charge in [0, 0.05) is 32.1 Å². The highest BCUT2D eigenvalue weighted by molar-refractivity contribution is 5.94. The molecule has 2 fully saturated rings. The summed E-state index contributed by atoms with van der Waals surface area (Å²) >= 11 is 0. The molecule has 1 aromatic rings. The van der Waals surface area contributed by atoms with Gasteiger partial charge in [0.1, 0.15) is 0 Å². The number of carboxylic acid groups (broad SMARTS) is 1. The number of hydrogen-bond acceptors (Lipinski definition) is 4. The molecule has 1 spiro atoms. The summed E-state index contributed by atoms with van der Waals surface area (Å²) in [5, 5.41) is 7.12. The minimum Gasteiger partial charge on any atom is -0.475 e. The number of carbonyl (C=O) groups excluding carboxylic acids is 1. The van der Waals surface area contributed by atoms with E-state index < -0.39 is 12.1 Å². The highest BCUT2D eigenvalue weighted by Crippen LogP contribution is 2.50. The van der Waals surface area contributed by atoms with Gasteiger partial charge in [0.25, 0.3) is 5.91 Å². The van der Waals surface area contributed by atoms with Crippen molar-refractivity contribution in [3.8, 4) is 0 Å². The molecule has 0 unspecified atom stereocenters. The fraction of sp³-hybridized carbons (Fsp3) is 0.611. The van der Waals surface area contributed by atoms with Crippen molar-refractivity contribution in [1.82, 2.24) is 9.88 Å². The number of pyridine rings is 1. The summed E-state index contributed by atoms with van der Waals surface area (Å²) in [6.07, 6.45) is 1.59. The number of carboxylic acids is 1. The van der Waals surface area contributed by atoms with Gasteiger partial charge < -0.3 is 14.7 Å². The SMILES string of the molecule is COC1CC2(CCN(C(=O)c3ccc(C)nc3)CC2)C1.O=C(O)C(F)(F)F. The van der Waals surface area contributed by atoms with Crippen LogP contribution in [-0.4, -0.2) is 59.3 Å². The fourth-order valence-corrected chi connectivity index (χ4v) is 3.44. The van der Waals surface area contributed by atoms with Crippen LogP contribution in [0, 0.1) is 12.3 Å². The maximum absolute atomic E-state index is 12.4. The van der Waals surface area contributed by atoms with Gasteiger partial charge in [0.15, 0.2) is 0 Å². The van der Waals surface area contributed by atoms with Crippen LogP contribution in [-0.2, 0) is 9.53 Å². The molecule has 0 bridgehead atoms. The molecular formula is C18H23F3N2O4. The first-order valence-corrected chi connectivity index (χ1v) is 8.61. The van der Waals surface area contributed by atoms with E-state index in [1.165, 1.54) is 0 Å². The van der Waals surface area contributed by atoms with Gasteiger partial charge >= 0.3 is 12.1 Å². The number of rotatable bonds is 2. The van der Waals surface area contributed by atoms with Crippen molar-refractivity contribution in [2.24, 2.45) is 5.41 Å². The minimum atomic E-state index is -5.08. The Morgan fingerprint density at radius 1 is 1.26 bits per heavy atom. The Hall–Kier alpha value is -2.16. The number of piperidine rings is 1. The number of aryl methyl sites for hydroxylation is 1. The number of ether oxygens (including phenoxy) is 1. The third-order valence-electron chi connectivity index (χ3n) is 5.17. The molecule has 1 aromatic heterocycles. The molecule has 2 aliphatic rings. The zero-order valence-corrected chi connectivity index (χ0v) is 15.3. The summed E-state index contributed by atoms with van der Waals surface area (Å²) in [5.41, 5.74) is 2.09. The molecule has 0 aromatic carbocycles. The normalized spacial score (nSPS) is 19.1. The van der Waals surface area contributed by atoms with Crippen molar-refractivity contribution in [3.63, 3.8) is 0 Å². The summed E-state index contributed by atoms with van der Waals surface area (Å²) in [7, 11) is 1.79. The molecule has 1 amide bonds. The first-order chi connectivity index (χ1) is 12.6. The van der Waals surface area contributed by atoms with Crippen LogP contribution in [0.3, 0.4) is 0 Å². The highest BCUT2D eigenvalue weighted by atomic mass is 19.4. The third-order valence-corrected chi connectivity index (χ3v) is 5.17. The largest absolute Gasteiger partial charge is 0.490 e. The van der Waals surface area contributed by atoms with Gasteiger partial charge in [0.05, 0.1) is 11.7 Å². The van der Waals surface area contributed by atoms with Crippen LogP contribution in [0.1, 0.15) is 41.7 Å². The zero-order chi connectivity index (χ0) is 20.2. The first kappa shape index (κ1) is 21.1. The monoisotopic (exact) mass is 388 g/mol. The Kier molecular flexibility index (Phi) is 6.46. The molecule has 150 valence electrons. The number of amides is 1. The number of methoxy groups -OCH3 is 1. The molecule has 3 rings (SSSR count). The van der Waals surface area contributed by atoms with Gasteiger partial charge in [-0.3, -0.25) is 9.78 Å². The van der Waals surface area contributed by atoms with E-state index in [2.05, 4.69) is 4.98 Å². The molecule has 1 saturated carbocycles. The van der Waals surface area contributed by atoms with Gasteiger partial charge in [-0.2, -0.15) is 13.2 Å². The Morgan fingerprint density at radius 2 is 1.81 bits per heavy atom. The number of aliphatic carboxylic acids is 1. The number of aromatic nitrogens is 1. The molecule has 1 N–H and O–H groups in total. The van der Waals surface area contributed by atoms with Crippen LogP contribution in [0.5, 0.6) is 0 Å². The standard InChI is InChI=1S/C16H22N2O2.C2HF3O2/c1-12-3-4-13(11-17-12)15(19)18-7-5-16(6-8-18)9-14(10-16)20-2;3-2(4,5)1(6)7/h3-4,11,14H,5-10H2,1-2H3;(H,6,7). The van der Waals surface area contributed by atoms with Crippen molar-refractivity contribution in [2.45, 2.75) is 44.9 Å². The second-order valence-corrected chi connectivity index (χ2v) is 7.05. The Balaban J connectivity index is 0.000000321. The van der Waals surface area contributed by atoms with E-state index in [0.29, 0.717) is 17.1 Å². The minimum absolute atomic E-state index is 0.120. The van der Waals surface area contributed by atoms with E-state index in [4.69, 9.17) is 14.6 Å². The molecule has 0 radical (unpaired) electrons. The van der Waals surface area contributed by atoms with Gasteiger partial charge in [-0.1, -0.05) is 0 Å². The summed E-state index contributed by atoms with van der Waals surface area (Å²) in [5.74, 6) is -2.64. The van der Waals surface area contributed by atoms with Gasteiger partial charge in [-0.25, -0.2) is 4.79 Å². The average molecular weight is 388 g/mol.